The number of halogens is 2. The minimum atomic E-state index is 0.549. The summed E-state index contributed by atoms with van der Waals surface area (Å²) in [5.41, 5.74) is 2.50. The average Bonchev–Trinajstić information content (AvgIpc) is 3.04. The van der Waals surface area contributed by atoms with Crippen molar-refractivity contribution in [2.45, 2.75) is 11.3 Å². The van der Waals surface area contributed by atoms with Gasteiger partial charge < -0.3 is 5.32 Å². The standard InChI is InChI=1S/C18H12Cl2N4S2/c19-13-2-1-3-14(20)12(13)8-15-24-16-17(21-9-22-18(16)26-15)23-10-4-6-11(25)7-5-10/h1-7,9,25H,8H2,(H,21,22,23). The monoisotopic (exact) mass is 418 g/mol. The minimum absolute atomic E-state index is 0.549. The van der Waals surface area contributed by atoms with Gasteiger partial charge in [-0.05, 0) is 42.0 Å². The number of thiol groups is 1. The van der Waals surface area contributed by atoms with Gasteiger partial charge in [-0.3, -0.25) is 0 Å². The van der Waals surface area contributed by atoms with E-state index in [0.29, 0.717) is 22.3 Å². The highest BCUT2D eigenvalue weighted by Gasteiger charge is 2.14. The Labute approximate surface area is 169 Å². The summed E-state index contributed by atoms with van der Waals surface area (Å²) >= 11 is 18.4. The first kappa shape index (κ1) is 17.5. The number of benzene rings is 2. The fourth-order valence-corrected chi connectivity index (χ4v) is 4.09. The summed E-state index contributed by atoms with van der Waals surface area (Å²) in [6.07, 6.45) is 2.08. The number of thiazole rings is 1. The smallest absolute Gasteiger partial charge is 0.161 e. The van der Waals surface area contributed by atoms with Crippen LogP contribution in [0.1, 0.15) is 10.6 Å². The summed E-state index contributed by atoms with van der Waals surface area (Å²) < 4.78 is 0. The van der Waals surface area contributed by atoms with Gasteiger partial charge in [-0.25, -0.2) is 15.0 Å². The Morgan fingerprint density at radius 1 is 1.00 bits per heavy atom. The molecule has 0 saturated carbocycles. The van der Waals surface area contributed by atoms with Crippen LogP contribution in [0.15, 0.2) is 53.7 Å². The van der Waals surface area contributed by atoms with Crippen molar-refractivity contribution < 1.29 is 0 Å². The molecule has 4 aromatic rings. The van der Waals surface area contributed by atoms with Crippen LogP contribution in [0.2, 0.25) is 10.0 Å². The van der Waals surface area contributed by atoms with Crippen molar-refractivity contribution in [3.63, 3.8) is 0 Å². The van der Waals surface area contributed by atoms with Gasteiger partial charge in [-0.2, -0.15) is 0 Å². The minimum Gasteiger partial charge on any atom is -0.338 e. The first-order chi connectivity index (χ1) is 12.6. The van der Waals surface area contributed by atoms with Crippen LogP contribution in [-0.4, -0.2) is 15.0 Å². The lowest BCUT2D eigenvalue weighted by Crippen LogP contribution is -1.95. The quantitative estimate of drug-likeness (QED) is 0.398. The number of nitrogens with one attached hydrogen (secondary N) is 1. The molecule has 0 aliphatic carbocycles. The fourth-order valence-electron chi connectivity index (χ4n) is 2.50. The highest BCUT2D eigenvalue weighted by Crippen LogP contribution is 2.31. The summed E-state index contributed by atoms with van der Waals surface area (Å²) in [6, 6.07) is 13.2. The van der Waals surface area contributed by atoms with Crippen LogP contribution in [0, 0.1) is 0 Å². The number of anilines is 2. The van der Waals surface area contributed by atoms with Crippen LogP contribution in [-0.2, 0) is 6.42 Å². The Hall–Kier alpha value is -1.86. The van der Waals surface area contributed by atoms with Gasteiger partial charge in [0.25, 0.3) is 0 Å². The van der Waals surface area contributed by atoms with Crippen molar-refractivity contribution in [2.24, 2.45) is 0 Å². The predicted octanol–water partition coefficient (Wildman–Crippen LogP) is 6.02. The van der Waals surface area contributed by atoms with Crippen LogP contribution in [0.4, 0.5) is 11.5 Å². The van der Waals surface area contributed by atoms with Gasteiger partial charge >= 0.3 is 0 Å². The molecule has 26 heavy (non-hydrogen) atoms. The molecule has 130 valence electrons. The average molecular weight is 419 g/mol. The second kappa shape index (κ2) is 7.40. The summed E-state index contributed by atoms with van der Waals surface area (Å²) in [7, 11) is 0. The van der Waals surface area contributed by atoms with E-state index < -0.39 is 0 Å². The van der Waals surface area contributed by atoms with E-state index >= 15 is 0 Å². The third-order valence-corrected chi connectivity index (χ3v) is 5.73. The molecule has 0 atom stereocenters. The Morgan fingerprint density at radius 3 is 2.46 bits per heavy atom. The van der Waals surface area contributed by atoms with Gasteiger partial charge in [-0.15, -0.1) is 12.6 Å². The Bertz CT molecular complexity index is 1060. The molecule has 0 unspecified atom stereocenters. The molecule has 0 saturated heterocycles. The molecule has 0 aliphatic rings. The molecule has 0 amide bonds. The van der Waals surface area contributed by atoms with Crippen molar-refractivity contribution in [1.29, 1.82) is 0 Å². The summed E-state index contributed by atoms with van der Waals surface area (Å²) in [5.74, 6) is 0.662. The van der Waals surface area contributed by atoms with E-state index in [1.54, 1.807) is 0 Å². The molecule has 2 aromatic carbocycles. The topological polar surface area (TPSA) is 50.7 Å². The zero-order chi connectivity index (χ0) is 18.1. The highest BCUT2D eigenvalue weighted by atomic mass is 35.5. The first-order valence-electron chi connectivity index (χ1n) is 7.69. The molecule has 0 aliphatic heterocycles. The molecular weight excluding hydrogens is 407 g/mol. The second-order valence-electron chi connectivity index (χ2n) is 5.53. The fraction of sp³-hybridized carbons (Fsp3) is 0.0556. The van der Waals surface area contributed by atoms with Crippen LogP contribution in [0.3, 0.4) is 0 Å². The molecule has 2 heterocycles. The zero-order valence-electron chi connectivity index (χ0n) is 13.3. The molecule has 0 radical (unpaired) electrons. The summed E-state index contributed by atoms with van der Waals surface area (Å²) in [4.78, 5) is 15.1. The lowest BCUT2D eigenvalue weighted by Gasteiger charge is -2.05. The largest absolute Gasteiger partial charge is 0.338 e. The lowest BCUT2D eigenvalue weighted by atomic mass is 10.1. The van der Waals surface area contributed by atoms with Crippen LogP contribution in [0.25, 0.3) is 10.3 Å². The molecule has 4 nitrogen and oxygen atoms in total. The van der Waals surface area contributed by atoms with Gasteiger partial charge in [0.05, 0.1) is 0 Å². The van der Waals surface area contributed by atoms with Gasteiger partial charge in [0.15, 0.2) is 5.82 Å². The van der Waals surface area contributed by atoms with Gasteiger partial charge in [0, 0.05) is 27.0 Å². The third kappa shape index (κ3) is 3.64. The van der Waals surface area contributed by atoms with Crippen LogP contribution < -0.4 is 5.32 Å². The molecular formula is C18H12Cl2N4S2. The summed E-state index contributed by atoms with van der Waals surface area (Å²) in [5, 5.41) is 5.42. The van der Waals surface area contributed by atoms with Crippen molar-refractivity contribution in [3.8, 4) is 0 Å². The third-order valence-electron chi connectivity index (χ3n) is 3.76. The van der Waals surface area contributed by atoms with E-state index in [1.807, 2.05) is 42.5 Å². The first-order valence-corrected chi connectivity index (χ1v) is 9.71. The number of aromatic nitrogens is 3. The van der Waals surface area contributed by atoms with Crippen LogP contribution >= 0.6 is 47.2 Å². The van der Waals surface area contributed by atoms with E-state index in [4.69, 9.17) is 28.2 Å². The molecule has 2 aromatic heterocycles. The second-order valence-corrected chi connectivity index (χ2v) is 7.93. The summed E-state index contributed by atoms with van der Waals surface area (Å²) in [6.45, 7) is 0. The maximum absolute atomic E-state index is 6.28. The molecule has 8 heteroatoms. The van der Waals surface area contributed by atoms with Gasteiger partial charge in [0.2, 0.25) is 0 Å². The number of rotatable bonds is 4. The van der Waals surface area contributed by atoms with Crippen molar-refractivity contribution >= 4 is 69.0 Å². The maximum Gasteiger partial charge on any atom is 0.161 e. The number of hydrogen-bond acceptors (Lipinski definition) is 6. The predicted molar refractivity (Wildman–Crippen MR) is 111 cm³/mol. The number of nitrogens with zero attached hydrogens (tertiary/aromatic N) is 3. The van der Waals surface area contributed by atoms with Gasteiger partial charge in [-0.1, -0.05) is 40.6 Å². The van der Waals surface area contributed by atoms with Crippen molar-refractivity contribution in [2.75, 3.05) is 5.32 Å². The molecule has 0 fully saturated rings. The number of hydrogen-bond donors (Lipinski definition) is 2. The Morgan fingerprint density at radius 2 is 1.73 bits per heavy atom. The van der Waals surface area contributed by atoms with E-state index in [2.05, 4.69) is 27.9 Å². The van der Waals surface area contributed by atoms with E-state index in [0.717, 1.165) is 31.5 Å². The van der Waals surface area contributed by atoms with E-state index in [9.17, 15) is 0 Å². The normalized spacial score (nSPS) is 11.0. The van der Waals surface area contributed by atoms with E-state index in [-0.39, 0.29) is 0 Å². The van der Waals surface area contributed by atoms with Crippen LogP contribution in [0.5, 0.6) is 0 Å². The van der Waals surface area contributed by atoms with E-state index in [1.165, 1.54) is 17.7 Å². The molecule has 4 rings (SSSR count). The zero-order valence-corrected chi connectivity index (χ0v) is 16.5. The SMILES string of the molecule is Sc1ccc(Nc2ncnc3sc(Cc4c(Cl)cccc4Cl)nc23)cc1. The number of fused-ring (bicyclic) bond motifs is 1. The molecule has 1 N–H and O–H groups in total. The molecule has 0 bridgehead atoms. The Kier molecular flexibility index (Phi) is 5.00. The Balaban J connectivity index is 1.68. The highest BCUT2D eigenvalue weighted by molar-refractivity contribution is 7.80. The lowest BCUT2D eigenvalue weighted by molar-refractivity contribution is 1.14. The maximum atomic E-state index is 6.28. The van der Waals surface area contributed by atoms with Crippen molar-refractivity contribution in [1.82, 2.24) is 15.0 Å². The molecule has 0 spiro atoms. The van der Waals surface area contributed by atoms with Crippen molar-refractivity contribution in [3.05, 3.63) is 69.4 Å². The van der Waals surface area contributed by atoms with Gasteiger partial charge in [0.1, 0.15) is 21.7 Å².